The van der Waals surface area contributed by atoms with Gasteiger partial charge in [-0.25, -0.2) is 9.80 Å². The molecule has 0 fully saturated rings. The molecule has 1 aliphatic heterocycles. The topological polar surface area (TPSA) is 111 Å². The summed E-state index contributed by atoms with van der Waals surface area (Å²) in [6.07, 6.45) is 2.65. The zero-order chi connectivity index (χ0) is 24.1. The Morgan fingerprint density at radius 2 is 2.12 bits per heavy atom. The Morgan fingerprint density at radius 3 is 2.91 bits per heavy atom. The molecule has 34 heavy (non-hydrogen) atoms. The first-order chi connectivity index (χ1) is 16.5. The molecule has 1 unspecified atom stereocenters. The van der Waals surface area contributed by atoms with Crippen LogP contribution in [0.15, 0.2) is 36.4 Å². The van der Waals surface area contributed by atoms with Crippen LogP contribution in [0.2, 0.25) is 0 Å². The highest BCUT2D eigenvalue weighted by molar-refractivity contribution is 5.99. The number of unbranched alkanes of at least 4 members (excludes halogenated alkanes) is 1. The number of nitrogens with zero attached hydrogens (tertiary/aromatic N) is 2. The molecule has 0 spiro atoms. The Hall–Kier alpha value is -3.59. The lowest BCUT2D eigenvalue weighted by Gasteiger charge is -2.27. The number of nitrogens with one attached hydrogen (secondary N) is 4. The van der Waals surface area contributed by atoms with Gasteiger partial charge in [0.05, 0.1) is 18.7 Å². The first kappa shape index (κ1) is 23.6. The van der Waals surface area contributed by atoms with Crippen molar-refractivity contribution in [2.75, 3.05) is 25.5 Å². The number of carbonyl (C=O) groups is 2. The average Bonchev–Trinajstić information content (AvgIpc) is 3.24. The molecule has 1 atom stereocenters. The average molecular weight is 465 g/mol. The van der Waals surface area contributed by atoms with Crippen molar-refractivity contribution in [2.24, 2.45) is 0 Å². The van der Waals surface area contributed by atoms with E-state index in [1.165, 1.54) is 0 Å². The van der Waals surface area contributed by atoms with Gasteiger partial charge in [-0.05, 0) is 41.8 Å². The Bertz CT molecular complexity index is 1170. The van der Waals surface area contributed by atoms with Crippen molar-refractivity contribution in [1.29, 1.82) is 0 Å². The summed E-state index contributed by atoms with van der Waals surface area (Å²) in [6.45, 7) is 5.74. The van der Waals surface area contributed by atoms with E-state index < -0.39 is 0 Å². The number of aromatic nitrogens is 2. The monoisotopic (exact) mass is 464 g/mol. The smallest absolute Gasteiger partial charge is 0.329 e. The Morgan fingerprint density at radius 1 is 1.26 bits per heavy atom. The lowest BCUT2D eigenvalue weighted by molar-refractivity contribution is -0.117. The Labute approximate surface area is 199 Å². The van der Waals surface area contributed by atoms with Crippen LogP contribution < -0.4 is 20.8 Å². The summed E-state index contributed by atoms with van der Waals surface area (Å²) in [5.41, 5.74) is 5.63. The Kier molecular flexibility index (Phi) is 7.32. The van der Waals surface area contributed by atoms with E-state index in [0.717, 1.165) is 46.2 Å². The van der Waals surface area contributed by atoms with E-state index in [1.54, 1.807) is 7.11 Å². The van der Waals surface area contributed by atoms with Crippen molar-refractivity contribution in [3.05, 3.63) is 53.2 Å². The van der Waals surface area contributed by atoms with E-state index in [-0.39, 0.29) is 17.9 Å². The molecule has 1 aromatic heterocycles. The summed E-state index contributed by atoms with van der Waals surface area (Å²) in [7, 11) is 1.64. The van der Waals surface area contributed by atoms with Gasteiger partial charge in [-0.2, -0.15) is 5.10 Å². The van der Waals surface area contributed by atoms with Crippen molar-refractivity contribution in [1.82, 2.24) is 25.9 Å². The molecule has 0 saturated carbocycles. The maximum Gasteiger partial charge on any atom is 0.329 e. The fourth-order valence-electron chi connectivity index (χ4n) is 4.22. The standard InChI is InChI=1S/C25H32N6O3/c1-4-5-12-26-25(33)30-31-13-11-22-21(15-31)23(29-28-22)27-24(32)16(2)19-8-6-7-17-14-18(34-3)9-10-20(17)19/h6-10,14,16H,4-5,11-13,15H2,1-3H3,(H2,26,30,33)(H2,27,28,29,32). The van der Waals surface area contributed by atoms with Crippen molar-refractivity contribution in [3.63, 3.8) is 0 Å². The second kappa shape index (κ2) is 10.6. The van der Waals surface area contributed by atoms with Gasteiger partial charge < -0.3 is 15.4 Å². The second-order valence-electron chi connectivity index (χ2n) is 8.56. The van der Waals surface area contributed by atoms with E-state index >= 15 is 0 Å². The molecule has 0 bridgehead atoms. The van der Waals surface area contributed by atoms with Gasteiger partial charge in [0.1, 0.15) is 11.6 Å². The summed E-state index contributed by atoms with van der Waals surface area (Å²) in [4.78, 5) is 25.3. The number of hydrogen-bond acceptors (Lipinski definition) is 5. The number of H-pyrrole nitrogens is 1. The van der Waals surface area contributed by atoms with Crippen LogP contribution in [-0.4, -0.2) is 47.3 Å². The molecule has 4 N–H and O–H groups in total. The van der Waals surface area contributed by atoms with E-state index in [1.807, 2.05) is 48.3 Å². The number of hydrogen-bond donors (Lipinski definition) is 4. The highest BCUT2D eigenvalue weighted by atomic mass is 16.5. The molecule has 0 radical (unpaired) electrons. The lowest BCUT2D eigenvalue weighted by atomic mass is 9.94. The van der Waals surface area contributed by atoms with Gasteiger partial charge in [0.2, 0.25) is 5.91 Å². The third-order valence-electron chi connectivity index (χ3n) is 6.23. The number of hydrazine groups is 1. The van der Waals surface area contributed by atoms with Crippen molar-refractivity contribution in [2.45, 2.75) is 45.6 Å². The fourth-order valence-corrected chi connectivity index (χ4v) is 4.22. The molecular weight excluding hydrogens is 432 g/mol. The SMILES string of the molecule is CCCCNC(=O)NN1CCc2n[nH]c(NC(=O)C(C)c3cccc4cc(OC)ccc34)c2C1. The quantitative estimate of drug-likeness (QED) is 0.380. The molecule has 0 aliphatic carbocycles. The van der Waals surface area contributed by atoms with E-state index in [9.17, 15) is 9.59 Å². The number of ether oxygens (including phenoxy) is 1. The van der Waals surface area contributed by atoms with Gasteiger partial charge in [0.25, 0.3) is 0 Å². The minimum Gasteiger partial charge on any atom is -0.497 e. The highest BCUT2D eigenvalue weighted by Crippen LogP contribution is 2.30. The van der Waals surface area contributed by atoms with Crippen LogP contribution in [-0.2, 0) is 17.8 Å². The molecule has 2 heterocycles. The summed E-state index contributed by atoms with van der Waals surface area (Å²) >= 11 is 0. The third-order valence-corrected chi connectivity index (χ3v) is 6.23. The van der Waals surface area contributed by atoms with Crippen LogP contribution >= 0.6 is 0 Å². The summed E-state index contributed by atoms with van der Waals surface area (Å²) < 4.78 is 5.33. The number of urea groups is 1. The van der Waals surface area contributed by atoms with Gasteiger partial charge in [-0.15, -0.1) is 0 Å². The minimum absolute atomic E-state index is 0.128. The number of anilines is 1. The van der Waals surface area contributed by atoms with Crippen molar-refractivity contribution < 1.29 is 14.3 Å². The molecule has 180 valence electrons. The number of methoxy groups -OCH3 is 1. The largest absolute Gasteiger partial charge is 0.497 e. The lowest BCUT2D eigenvalue weighted by Crippen LogP contribution is -2.49. The van der Waals surface area contributed by atoms with E-state index in [2.05, 4.69) is 33.2 Å². The number of amides is 3. The maximum atomic E-state index is 13.2. The zero-order valence-electron chi connectivity index (χ0n) is 19.9. The molecule has 2 aromatic carbocycles. The number of rotatable bonds is 8. The number of carbonyl (C=O) groups excluding carboxylic acids is 2. The van der Waals surface area contributed by atoms with Gasteiger partial charge in [-0.1, -0.05) is 37.6 Å². The van der Waals surface area contributed by atoms with Crippen LogP contribution in [0.5, 0.6) is 5.75 Å². The number of aromatic amines is 1. The predicted octanol–water partition coefficient (Wildman–Crippen LogP) is 3.69. The summed E-state index contributed by atoms with van der Waals surface area (Å²) in [5.74, 6) is 0.852. The fraction of sp³-hybridized carbons (Fsp3) is 0.400. The zero-order valence-corrected chi connectivity index (χ0v) is 19.9. The third kappa shape index (κ3) is 5.14. The molecule has 9 heteroatoms. The van der Waals surface area contributed by atoms with Crippen molar-refractivity contribution in [3.8, 4) is 5.75 Å². The summed E-state index contributed by atoms with van der Waals surface area (Å²) in [5, 5.41) is 17.1. The minimum atomic E-state index is -0.377. The molecule has 1 aliphatic rings. The molecule has 3 amide bonds. The highest BCUT2D eigenvalue weighted by Gasteiger charge is 2.26. The molecule has 9 nitrogen and oxygen atoms in total. The van der Waals surface area contributed by atoms with Crippen LogP contribution in [0.4, 0.5) is 10.6 Å². The van der Waals surface area contributed by atoms with Crippen LogP contribution in [0.1, 0.15) is 49.4 Å². The molecular formula is C25H32N6O3. The van der Waals surface area contributed by atoms with Crippen LogP contribution in [0, 0.1) is 0 Å². The Balaban J connectivity index is 1.45. The van der Waals surface area contributed by atoms with Crippen LogP contribution in [0.3, 0.4) is 0 Å². The van der Waals surface area contributed by atoms with E-state index in [0.29, 0.717) is 31.9 Å². The van der Waals surface area contributed by atoms with Crippen LogP contribution in [0.25, 0.3) is 10.8 Å². The molecule has 4 rings (SSSR count). The number of benzene rings is 2. The maximum absolute atomic E-state index is 13.2. The summed E-state index contributed by atoms with van der Waals surface area (Å²) in [6, 6.07) is 11.6. The molecule has 3 aromatic rings. The normalized spacial score (nSPS) is 14.3. The van der Waals surface area contributed by atoms with Crippen molar-refractivity contribution >= 4 is 28.5 Å². The van der Waals surface area contributed by atoms with E-state index in [4.69, 9.17) is 4.74 Å². The van der Waals surface area contributed by atoms with Gasteiger partial charge in [0.15, 0.2) is 0 Å². The van der Waals surface area contributed by atoms with Gasteiger partial charge in [-0.3, -0.25) is 15.3 Å². The molecule has 0 saturated heterocycles. The predicted molar refractivity (Wildman–Crippen MR) is 132 cm³/mol. The first-order valence-electron chi connectivity index (χ1n) is 11.7. The van der Waals surface area contributed by atoms with Gasteiger partial charge >= 0.3 is 6.03 Å². The first-order valence-corrected chi connectivity index (χ1v) is 11.7. The second-order valence-corrected chi connectivity index (χ2v) is 8.56. The van der Waals surface area contributed by atoms with Gasteiger partial charge in [0, 0.05) is 31.6 Å². The number of fused-ring (bicyclic) bond motifs is 2.